The van der Waals surface area contributed by atoms with Crippen LogP contribution in [0.4, 0.5) is 5.82 Å². The molecule has 0 saturated heterocycles. The van der Waals surface area contributed by atoms with E-state index in [1.807, 2.05) is 12.1 Å². The molecular weight excluding hydrogens is 230 g/mol. The van der Waals surface area contributed by atoms with E-state index in [1.165, 1.54) is 6.20 Å². The lowest BCUT2D eigenvalue weighted by Crippen LogP contribution is -2.04. The Labute approximate surface area is 104 Å². The molecule has 6 heteroatoms. The maximum atomic E-state index is 8.91. The SMILES string of the molecule is COc1cc(CNc2nnccc2C#N)ccn1. The minimum absolute atomic E-state index is 0.464. The second-order valence-electron chi connectivity index (χ2n) is 3.47. The van der Waals surface area contributed by atoms with Crippen LogP contribution in [-0.2, 0) is 6.54 Å². The lowest BCUT2D eigenvalue weighted by atomic mass is 10.2. The molecule has 0 spiro atoms. The highest BCUT2D eigenvalue weighted by molar-refractivity contribution is 5.50. The zero-order valence-electron chi connectivity index (χ0n) is 9.79. The zero-order valence-corrected chi connectivity index (χ0v) is 9.79. The van der Waals surface area contributed by atoms with E-state index in [2.05, 4.69) is 26.6 Å². The highest BCUT2D eigenvalue weighted by Gasteiger charge is 2.03. The summed E-state index contributed by atoms with van der Waals surface area (Å²) in [7, 11) is 1.57. The molecule has 1 N–H and O–H groups in total. The summed E-state index contributed by atoms with van der Waals surface area (Å²) in [5, 5.41) is 19.6. The van der Waals surface area contributed by atoms with E-state index < -0.39 is 0 Å². The molecule has 0 fully saturated rings. The van der Waals surface area contributed by atoms with Crippen LogP contribution in [0.25, 0.3) is 0 Å². The molecule has 0 bridgehead atoms. The molecular formula is C12H11N5O. The number of rotatable bonds is 4. The molecule has 0 unspecified atom stereocenters. The second kappa shape index (κ2) is 5.59. The van der Waals surface area contributed by atoms with Gasteiger partial charge < -0.3 is 10.1 Å². The summed E-state index contributed by atoms with van der Waals surface area (Å²) in [4.78, 5) is 4.02. The standard InChI is InChI=1S/C12H11N5O/c1-18-11-6-9(2-4-14-11)8-15-12-10(7-13)3-5-16-17-12/h2-6H,8H2,1H3,(H,15,17). The van der Waals surface area contributed by atoms with Crippen molar-refractivity contribution in [2.24, 2.45) is 0 Å². The van der Waals surface area contributed by atoms with Crippen LogP contribution in [0.5, 0.6) is 5.88 Å². The van der Waals surface area contributed by atoms with Crippen molar-refractivity contribution < 1.29 is 4.74 Å². The van der Waals surface area contributed by atoms with Gasteiger partial charge in [0.15, 0.2) is 5.82 Å². The number of pyridine rings is 1. The largest absolute Gasteiger partial charge is 0.481 e. The van der Waals surface area contributed by atoms with Crippen molar-refractivity contribution in [2.75, 3.05) is 12.4 Å². The Kier molecular flexibility index (Phi) is 3.66. The third kappa shape index (κ3) is 2.71. The predicted octanol–water partition coefficient (Wildman–Crippen LogP) is 1.36. The number of aromatic nitrogens is 3. The third-order valence-corrected chi connectivity index (χ3v) is 2.31. The van der Waals surface area contributed by atoms with Crippen LogP contribution in [0.1, 0.15) is 11.1 Å². The maximum Gasteiger partial charge on any atom is 0.213 e. The molecule has 6 nitrogen and oxygen atoms in total. The number of ether oxygens (including phenoxy) is 1. The summed E-state index contributed by atoms with van der Waals surface area (Å²) in [6.07, 6.45) is 3.15. The number of nitrogens with one attached hydrogen (secondary N) is 1. The van der Waals surface area contributed by atoms with E-state index in [-0.39, 0.29) is 0 Å². The van der Waals surface area contributed by atoms with E-state index in [0.29, 0.717) is 23.8 Å². The quantitative estimate of drug-likeness (QED) is 0.870. The molecule has 2 aromatic rings. The van der Waals surface area contributed by atoms with Crippen molar-refractivity contribution in [1.82, 2.24) is 15.2 Å². The Morgan fingerprint density at radius 3 is 3.06 bits per heavy atom. The number of nitriles is 1. The first-order chi connectivity index (χ1) is 8.83. The van der Waals surface area contributed by atoms with Gasteiger partial charge in [-0.3, -0.25) is 0 Å². The molecule has 0 amide bonds. The van der Waals surface area contributed by atoms with Gasteiger partial charge in [-0.15, -0.1) is 5.10 Å². The lowest BCUT2D eigenvalue weighted by molar-refractivity contribution is 0.397. The third-order valence-electron chi connectivity index (χ3n) is 2.31. The first kappa shape index (κ1) is 11.8. The van der Waals surface area contributed by atoms with Gasteiger partial charge in [-0.1, -0.05) is 0 Å². The average molecular weight is 241 g/mol. The van der Waals surface area contributed by atoms with Crippen molar-refractivity contribution in [3.05, 3.63) is 41.7 Å². The van der Waals surface area contributed by atoms with Crippen LogP contribution in [0, 0.1) is 11.3 Å². The summed E-state index contributed by atoms with van der Waals surface area (Å²) in [6.45, 7) is 0.520. The van der Waals surface area contributed by atoms with Crippen LogP contribution in [0.15, 0.2) is 30.6 Å². The van der Waals surface area contributed by atoms with Crippen molar-refractivity contribution >= 4 is 5.82 Å². The predicted molar refractivity (Wildman–Crippen MR) is 64.9 cm³/mol. The summed E-state index contributed by atoms with van der Waals surface area (Å²) < 4.78 is 5.03. The molecule has 0 aliphatic carbocycles. The number of anilines is 1. The van der Waals surface area contributed by atoms with Crippen molar-refractivity contribution in [3.63, 3.8) is 0 Å². The lowest BCUT2D eigenvalue weighted by Gasteiger charge is -2.06. The van der Waals surface area contributed by atoms with E-state index in [9.17, 15) is 0 Å². The molecule has 2 aromatic heterocycles. The van der Waals surface area contributed by atoms with Crippen LogP contribution >= 0.6 is 0 Å². The van der Waals surface area contributed by atoms with E-state index in [4.69, 9.17) is 10.00 Å². The van der Waals surface area contributed by atoms with E-state index >= 15 is 0 Å². The monoisotopic (exact) mass is 241 g/mol. The van der Waals surface area contributed by atoms with Crippen LogP contribution in [-0.4, -0.2) is 22.3 Å². The summed E-state index contributed by atoms with van der Waals surface area (Å²) >= 11 is 0. The van der Waals surface area contributed by atoms with Gasteiger partial charge in [-0.05, 0) is 17.7 Å². The molecule has 2 heterocycles. The zero-order chi connectivity index (χ0) is 12.8. The molecule has 0 radical (unpaired) electrons. The van der Waals surface area contributed by atoms with E-state index in [1.54, 1.807) is 19.4 Å². The fraction of sp³-hybridized carbons (Fsp3) is 0.167. The van der Waals surface area contributed by atoms with Gasteiger partial charge in [0.2, 0.25) is 5.88 Å². The van der Waals surface area contributed by atoms with Gasteiger partial charge in [0, 0.05) is 18.8 Å². The smallest absolute Gasteiger partial charge is 0.213 e. The van der Waals surface area contributed by atoms with Crippen LogP contribution in [0.3, 0.4) is 0 Å². The molecule has 0 aliphatic rings. The molecule has 0 aromatic carbocycles. The van der Waals surface area contributed by atoms with Crippen molar-refractivity contribution in [2.45, 2.75) is 6.54 Å². The number of methoxy groups -OCH3 is 1. The average Bonchev–Trinajstić information content (AvgIpc) is 2.45. The topological polar surface area (TPSA) is 83.7 Å². The molecule has 0 atom stereocenters. The Morgan fingerprint density at radius 2 is 2.28 bits per heavy atom. The van der Waals surface area contributed by atoms with Crippen molar-refractivity contribution in [1.29, 1.82) is 5.26 Å². The van der Waals surface area contributed by atoms with Gasteiger partial charge in [0.1, 0.15) is 6.07 Å². The Balaban J connectivity index is 2.09. The van der Waals surface area contributed by atoms with Crippen LogP contribution < -0.4 is 10.1 Å². The molecule has 18 heavy (non-hydrogen) atoms. The minimum Gasteiger partial charge on any atom is -0.481 e. The Hall–Kier alpha value is -2.68. The van der Waals surface area contributed by atoms with Gasteiger partial charge in [-0.2, -0.15) is 10.4 Å². The Morgan fingerprint density at radius 1 is 1.39 bits per heavy atom. The maximum absolute atomic E-state index is 8.91. The summed E-state index contributed by atoms with van der Waals surface area (Å²) in [5.74, 6) is 1.02. The van der Waals surface area contributed by atoms with Crippen LogP contribution in [0.2, 0.25) is 0 Å². The molecule has 2 rings (SSSR count). The van der Waals surface area contributed by atoms with Gasteiger partial charge in [0.25, 0.3) is 0 Å². The summed E-state index contributed by atoms with van der Waals surface area (Å²) in [5.41, 5.74) is 1.45. The van der Waals surface area contributed by atoms with Gasteiger partial charge in [-0.25, -0.2) is 4.98 Å². The highest BCUT2D eigenvalue weighted by Crippen LogP contribution is 2.12. The number of nitrogens with zero attached hydrogens (tertiary/aromatic N) is 4. The highest BCUT2D eigenvalue weighted by atomic mass is 16.5. The first-order valence-corrected chi connectivity index (χ1v) is 5.28. The number of hydrogen-bond donors (Lipinski definition) is 1. The normalized spacial score (nSPS) is 9.56. The first-order valence-electron chi connectivity index (χ1n) is 5.28. The molecule has 90 valence electrons. The molecule has 0 aliphatic heterocycles. The fourth-order valence-electron chi connectivity index (χ4n) is 1.41. The van der Waals surface area contributed by atoms with E-state index in [0.717, 1.165) is 5.56 Å². The van der Waals surface area contributed by atoms with Crippen molar-refractivity contribution in [3.8, 4) is 11.9 Å². The fourth-order valence-corrected chi connectivity index (χ4v) is 1.41. The van der Waals surface area contributed by atoms with Gasteiger partial charge in [0.05, 0.1) is 18.9 Å². The Bertz CT molecular complexity index is 579. The van der Waals surface area contributed by atoms with Gasteiger partial charge >= 0.3 is 0 Å². The minimum atomic E-state index is 0.464. The summed E-state index contributed by atoms with van der Waals surface area (Å²) in [6, 6.07) is 7.34. The second-order valence-corrected chi connectivity index (χ2v) is 3.47. The number of hydrogen-bond acceptors (Lipinski definition) is 6. The molecule has 0 saturated carbocycles.